The van der Waals surface area contributed by atoms with E-state index in [4.69, 9.17) is 0 Å². The third kappa shape index (κ3) is 3.92. The van der Waals surface area contributed by atoms with E-state index >= 15 is 0 Å². The number of hydrogen-bond donors (Lipinski definition) is 1. The van der Waals surface area contributed by atoms with E-state index in [1.165, 1.54) is 6.42 Å². The number of fused-ring (bicyclic) bond motifs is 1. The van der Waals surface area contributed by atoms with Crippen molar-refractivity contribution in [3.8, 4) is 0 Å². The number of rotatable bonds is 4. The number of carbonyl (C=O) groups is 1. The van der Waals surface area contributed by atoms with Crippen LogP contribution in [0.25, 0.3) is 5.65 Å². The molecule has 0 aromatic carbocycles. The molecule has 4 rings (SSSR count). The number of nitrogens with zero attached hydrogens (tertiary/aromatic N) is 4. The lowest BCUT2D eigenvalue weighted by molar-refractivity contribution is -0.116. The maximum Gasteiger partial charge on any atom is 0.249 e. The van der Waals surface area contributed by atoms with E-state index in [0.29, 0.717) is 18.1 Å². The molecule has 1 N–H and O–H groups in total. The number of nitrogens with one attached hydrogen (secondary N) is 1. The van der Waals surface area contributed by atoms with Gasteiger partial charge in [-0.15, -0.1) is 5.10 Å². The van der Waals surface area contributed by atoms with Crippen LogP contribution < -0.4 is 10.2 Å². The van der Waals surface area contributed by atoms with Gasteiger partial charge in [0, 0.05) is 19.0 Å². The fraction of sp³-hybridized carbons (Fsp3) is 0.611. The Morgan fingerprint density at radius 2 is 2.15 bits per heavy atom. The van der Waals surface area contributed by atoms with Crippen LogP contribution in [0.5, 0.6) is 0 Å². The van der Waals surface area contributed by atoms with Gasteiger partial charge in [-0.25, -0.2) is 8.42 Å². The lowest BCUT2D eigenvalue weighted by Crippen LogP contribution is -2.38. The van der Waals surface area contributed by atoms with Gasteiger partial charge in [-0.2, -0.15) is 9.50 Å². The molecule has 2 aromatic rings. The van der Waals surface area contributed by atoms with Gasteiger partial charge in [0.15, 0.2) is 15.5 Å². The van der Waals surface area contributed by atoms with E-state index in [1.807, 2.05) is 18.2 Å². The smallest absolute Gasteiger partial charge is 0.249 e. The van der Waals surface area contributed by atoms with Crippen molar-refractivity contribution in [2.45, 2.75) is 45.1 Å². The molecule has 0 bridgehead atoms. The molecular weight excluding hydrogens is 366 g/mol. The number of sulfone groups is 1. The van der Waals surface area contributed by atoms with E-state index in [1.54, 1.807) is 4.52 Å². The standard InChI is InChI=1S/C18H25N5O3S/c1-13-5-2-3-9-22(13)17-7-4-6-15-19-18(21-23(15)17)20-16(24)11-14-8-10-27(25,26)12-14/h4,6-7,13-14H,2-3,5,8-12H2,1H3,(H,20,21,24). The minimum atomic E-state index is -2.98. The highest BCUT2D eigenvalue weighted by Gasteiger charge is 2.29. The second-order valence-corrected chi connectivity index (χ2v) is 9.88. The number of carbonyl (C=O) groups excluding carboxylic acids is 1. The first kappa shape index (κ1) is 18.2. The molecule has 2 saturated heterocycles. The molecule has 2 fully saturated rings. The normalized spacial score (nSPS) is 25.0. The van der Waals surface area contributed by atoms with Gasteiger partial charge in [0.05, 0.1) is 11.5 Å². The van der Waals surface area contributed by atoms with Crippen molar-refractivity contribution in [3.05, 3.63) is 18.2 Å². The number of hydrogen-bond acceptors (Lipinski definition) is 6. The number of pyridine rings is 1. The molecular formula is C18H25N5O3S. The van der Waals surface area contributed by atoms with Crippen molar-refractivity contribution in [2.75, 3.05) is 28.3 Å². The van der Waals surface area contributed by atoms with Gasteiger partial charge in [-0.3, -0.25) is 10.1 Å². The lowest BCUT2D eigenvalue weighted by atomic mass is 10.0. The lowest BCUT2D eigenvalue weighted by Gasteiger charge is -2.35. The summed E-state index contributed by atoms with van der Waals surface area (Å²) in [7, 11) is -2.98. The van der Waals surface area contributed by atoms with Crippen LogP contribution in [0.3, 0.4) is 0 Å². The Balaban J connectivity index is 1.50. The summed E-state index contributed by atoms with van der Waals surface area (Å²) in [6.07, 6.45) is 4.28. The second-order valence-electron chi connectivity index (χ2n) is 7.65. The molecule has 2 unspecified atom stereocenters. The molecule has 2 aliphatic heterocycles. The molecule has 8 nitrogen and oxygen atoms in total. The van der Waals surface area contributed by atoms with Gasteiger partial charge in [-0.1, -0.05) is 6.07 Å². The third-order valence-electron chi connectivity index (χ3n) is 5.49. The van der Waals surface area contributed by atoms with Crippen LogP contribution in [-0.4, -0.2) is 53.0 Å². The molecule has 2 aromatic heterocycles. The minimum absolute atomic E-state index is 0.0933. The Kier molecular flexibility index (Phi) is 4.79. The summed E-state index contributed by atoms with van der Waals surface area (Å²) >= 11 is 0. The molecule has 0 radical (unpaired) electrons. The summed E-state index contributed by atoms with van der Waals surface area (Å²) < 4.78 is 24.9. The largest absolute Gasteiger partial charge is 0.354 e. The van der Waals surface area contributed by atoms with Crippen molar-refractivity contribution < 1.29 is 13.2 Å². The minimum Gasteiger partial charge on any atom is -0.354 e. The van der Waals surface area contributed by atoms with Gasteiger partial charge in [0.25, 0.3) is 0 Å². The maximum atomic E-state index is 12.3. The highest BCUT2D eigenvalue weighted by atomic mass is 32.2. The SMILES string of the molecule is CC1CCCCN1c1cccc2nc(NC(=O)CC3CCS(=O)(=O)C3)nn12. The fourth-order valence-electron chi connectivity index (χ4n) is 4.07. The first-order valence-corrected chi connectivity index (χ1v) is 11.4. The van der Waals surface area contributed by atoms with Gasteiger partial charge < -0.3 is 4.90 Å². The van der Waals surface area contributed by atoms with Crippen LogP contribution in [0.15, 0.2) is 18.2 Å². The van der Waals surface area contributed by atoms with Crippen LogP contribution in [0, 0.1) is 5.92 Å². The summed E-state index contributed by atoms with van der Waals surface area (Å²) in [5.41, 5.74) is 0.684. The molecule has 2 atom stereocenters. The van der Waals surface area contributed by atoms with Crippen LogP contribution in [0.1, 0.15) is 39.0 Å². The van der Waals surface area contributed by atoms with Gasteiger partial charge in [0.1, 0.15) is 5.82 Å². The first-order valence-electron chi connectivity index (χ1n) is 9.54. The molecule has 1 amide bonds. The zero-order valence-corrected chi connectivity index (χ0v) is 16.3. The molecule has 0 aliphatic carbocycles. The summed E-state index contributed by atoms with van der Waals surface area (Å²) in [4.78, 5) is 19.0. The number of aromatic nitrogens is 3. The Morgan fingerprint density at radius 1 is 1.30 bits per heavy atom. The van der Waals surface area contributed by atoms with Crippen molar-refractivity contribution in [1.29, 1.82) is 0 Å². The molecule has 9 heteroatoms. The number of amides is 1. The van der Waals surface area contributed by atoms with E-state index in [-0.39, 0.29) is 35.7 Å². The van der Waals surface area contributed by atoms with Crippen molar-refractivity contribution in [2.24, 2.45) is 5.92 Å². The average molecular weight is 391 g/mol. The Bertz CT molecular complexity index is 955. The maximum absolute atomic E-state index is 12.3. The zero-order chi connectivity index (χ0) is 19.0. The molecule has 0 saturated carbocycles. The summed E-state index contributed by atoms with van der Waals surface area (Å²) in [5, 5.41) is 7.21. The summed E-state index contributed by atoms with van der Waals surface area (Å²) in [6.45, 7) is 3.20. The van der Waals surface area contributed by atoms with Gasteiger partial charge >= 0.3 is 0 Å². The highest BCUT2D eigenvalue weighted by Crippen LogP contribution is 2.26. The molecule has 2 aliphatic rings. The Labute approximate surface area is 158 Å². The summed E-state index contributed by atoms with van der Waals surface area (Å²) in [6, 6.07) is 6.29. The summed E-state index contributed by atoms with van der Waals surface area (Å²) in [5.74, 6) is 1.16. The predicted molar refractivity (Wildman–Crippen MR) is 104 cm³/mol. The molecule has 0 spiro atoms. The average Bonchev–Trinajstić information content (AvgIpc) is 3.17. The Hall–Kier alpha value is -2.16. The van der Waals surface area contributed by atoms with Gasteiger partial charge in [-0.05, 0) is 50.7 Å². The monoisotopic (exact) mass is 391 g/mol. The van der Waals surface area contributed by atoms with E-state index < -0.39 is 9.84 Å². The topological polar surface area (TPSA) is 96.7 Å². The van der Waals surface area contributed by atoms with Crippen LogP contribution in [-0.2, 0) is 14.6 Å². The van der Waals surface area contributed by atoms with Gasteiger partial charge in [0.2, 0.25) is 11.9 Å². The third-order valence-corrected chi connectivity index (χ3v) is 7.33. The molecule has 146 valence electrons. The number of piperidine rings is 1. The molecule has 27 heavy (non-hydrogen) atoms. The fourth-order valence-corrected chi connectivity index (χ4v) is 5.93. The van der Waals surface area contributed by atoms with E-state index in [2.05, 4.69) is 27.2 Å². The Morgan fingerprint density at radius 3 is 2.89 bits per heavy atom. The second kappa shape index (κ2) is 7.10. The predicted octanol–water partition coefficient (Wildman–Crippen LogP) is 1.87. The molecule has 4 heterocycles. The van der Waals surface area contributed by atoms with Crippen LogP contribution >= 0.6 is 0 Å². The van der Waals surface area contributed by atoms with Crippen molar-refractivity contribution in [3.63, 3.8) is 0 Å². The zero-order valence-electron chi connectivity index (χ0n) is 15.5. The van der Waals surface area contributed by atoms with Crippen LogP contribution in [0.2, 0.25) is 0 Å². The van der Waals surface area contributed by atoms with Crippen molar-refractivity contribution >= 4 is 33.2 Å². The number of anilines is 2. The first-order chi connectivity index (χ1) is 12.9. The van der Waals surface area contributed by atoms with E-state index in [9.17, 15) is 13.2 Å². The quantitative estimate of drug-likeness (QED) is 0.855. The van der Waals surface area contributed by atoms with Crippen LogP contribution in [0.4, 0.5) is 11.8 Å². The van der Waals surface area contributed by atoms with E-state index in [0.717, 1.165) is 25.2 Å². The van der Waals surface area contributed by atoms with Crippen molar-refractivity contribution in [1.82, 2.24) is 14.6 Å². The highest BCUT2D eigenvalue weighted by molar-refractivity contribution is 7.91.